The summed E-state index contributed by atoms with van der Waals surface area (Å²) in [6, 6.07) is 12.3. The van der Waals surface area contributed by atoms with Crippen molar-refractivity contribution in [2.45, 2.75) is 39.2 Å². The second kappa shape index (κ2) is 7.14. The summed E-state index contributed by atoms with van der Waals surface area (Å²) in [5, 5.41) is 6.66. The summed E-state index contributed by atoms with van der Waals surface area (Å²) in [6.07, 6.45) is 5.65. The standard InChI is InChI=1S/C24H25N3O2/c1-16-11-13-27(25-16)15-22(28)26-12-3-5-19(14-26)24(29)21-10-9-18-8-7-17-4-2-6-20(21)23(17)18/h2,4,6,9-11,13,19H,3,5,7-8,12,14-15H2,1H3. The number of amides is 1. The van der Waals surface area contributed by atoms with Gasteiger partial charge in [0.25, 0.3) is 0 Å². The first-order chi connectivity index (χ1) is 14.1. The molecule has 0 saturated carbocycles. The number of hydrogen-bond donors (Lipinski definition) is 0. The highest BCUT2D eigenvalue weighted by Crippen LogP contribution is 2.34. The van der Waals surface area contributed by atoms with Gasteiger partial charge in [0.1, 0.15) is 6.54 Å². The van der Waals surface area contributed by atoms with Crippen LogP contribution in [-0.4, -0.2) is 39.5 Å². The first-order valence-electron chi connectivity index (χ1n) is 10.5. The Kier molecular flexibility index (Phi) is 4.46. The fourth-order valence-electron chi connectivity index (χ4n) is 4.89. The third-order valence-electron chi connectivity index (χ3n) is 6.36. The number of likely N-dealkylation sites (tertiary alicyclic amines) is 1. The highest BCUT2D eigenvalue weighted by molar-refractivity contribution is 6.11. The maximum atomic E-state index is 13.4. The molecule has 0 bridgehead atoms. The number of piperidine rings is 1. The van der Waals surface area contributed by atoms with E-state index in [0.717, 1.165) is 42.3 Å². The summed E-state index contributed by atoms with van der Waals surface area (Å²) in [7, 11) is 0. The highest BCUT2D eigenvalue weighted by Gasteiger charge is 2.30. The van der Waals surface area contributed by atoms with Crippen LogP contribution < -0.4 is 0 Å². The van der Waals surface area contributed by atoms with E-state index in [0.29, 0.717) is 13.1 Å². The number of carbonyl (C=O) groups excluding carboxylic acids is 2. The quantitative estimate of drug-likeness (QED) is 0.643. The summed E-state index contributed by atoms with van der Waals surface area (Å²) in [4.78, 5) is 28.0. The molecule has 1 aliphatic carbocycles. The van der Waals surface area contributed by atoms with Gasteiger partial charge in [-0.25, -0.2) is 0 Å². The Labute approximate surface area is 170 Å². The Bertz CT molecular complexity index is 1100. The smallest absolute Gasteiger partial charge is 0.244 e. The van der Waals surface area contributed by atoms with Crippen LogP contribution in [0.5, 0.6) is 0 Å². The number of rotatable bonds is 4. The van der Waals surface area contributed by atoms with Crippen molar-refractivity contribution < 1.29 is 9.59 Å². The van der Waals surface area contributed by atoms with E-state index in [9.17, 15) is 9.59 Å². The molecule has 1 aliphatic heterocycles. The van der Waals surface area contributed by atoms with Crippen molar-refractivity contribution in [2.24, 2.45) is 5.92 Å². The molecule has 0 radical (unpaired) electrons. The van der Waals surface area contributed by atoms with Crippen molar-refractivity contribution in [3.8, 4) is 0 Å². The zero-order chi connectivity index (χ0) is 20.0. The van der Waals surface area contributed by atoms with Crippen LogP contribution in [0.1, 0.15) is 40.0 Å². The van der Waals surface area contributed by atoms with Crippen LogP contribution in [0.4, 0.5) is 0 Å². The van der Waals surface area contributed by atoms with E-state index in [1.165, 1.54) is 16.5 Å². The summed E-state index contributed by atoms with van der Waals surface area (Å²) in [5.41, 5.74) is 4.41. The van der Waals surface area contributed by atoms with Crippen LogP contribution in [0.15, 0.2) is 42.6 Å². The Hall–Kier alpha value is -2.95. The minimum atomic E-state index is -0.134. The van der Waals surface area contributed by atoms with Gasteiger partial charge < -0.3 is 4.90 Å². The number of aryl methyl sites for hydroxylation is 3. The fourth-order valence-corrected chi connectivity index (χ4v) is 4.89. The molecule has 29 heavy (non-hydrogen) atoms. The number of nitrogens with zero attached hydrogens (tertiary/aromatic N) is 3. The number of ketones is 1. The molecule has 5 nitrogen and oxygen atoms in total. The van der Waals surface area contributed by atoms with Crippen molar-refractivity contribution >= 4 is 22.5 Å². The zero-order valence-electron chi connectivity index (χ0n) is 16.7. The van der Waals surface area contributed by atoms with Crippen molar-refractivity contribution in [3.05, 3.63) is 65.0 Å². The minimum absolute atomic E-state index is 0.0333. The van der Waals surface area contributed by atoms with Gasteiger partial charge in [0.05, 0.1) is 5.69 Å². The molecule has 1 unspecified atom stereocenters. The van der Waals surface area contributed by atoms with Gasteiger partial charge in [-0.05, 0) is 60.6 Å². The Balaban J connectivity index is 1.37. The number of aromatic nitrogens is 2. The molecule has 5 rings (SSSR count). The van der Waals surface area contributed by atoms with E-state index in [1.807, 2.05) is 30.2 Å². The van der Waals surface area contributed by atoms with Crippen LogP contribution in [0.25, 0.3) is 10.8 Å². The molecular formula is C24H25N3O2. The molecule has 5 heteroatoms. The van der Waals surface area contributed by atoms with Crippen molar-refractivity contribution in [2.75, 3.05) is 13.1 Å². The van der Waals surface area contributed by atoms with Crippen molar-refractivity contribution in [3.63, 3.8) is 0 Å². The molecule has 148 valence electrons. The first kappa shape index (κ1) is 18.1. The molecule has 1 fully saturated rings. The molecule has 1 atom stereocenters. The molecule has 2 aromatic carbocycles. The molecule has 3 aromatic rings. The van der Waals surface area contributed by atoms with Gasteiger partial charge >= 0.3 is 0 Å². The topological polar surface area (TPSA) is 55.2 Å². The zero-order valence-corrected chi connectivity index (χ0v) is 16.7. The van der Waals surface area contributed by atoms with E-state index in [1.54, 1.807) is 4.68 Å². The van der Waals surface area contributed by atoms with Gasteiger partial charge in [0.15, 0.2) is 5.78 Å². The van der Waals surface area contributed by atoms with E-state index in [-0.39, 0.29) is 24.2 Å². The maximum Gasteiger partial charge on any atom is 0.244 e. The fraction of sp³-hybridized carbons (Fsp3) is 0.375. The summed E-state index contributed by atoms with van der Waals surface area (Å²) in [6.45, 7) is 3.36. The van der Waals surface area contributed by atoms with Crippen LogP contribution in [0, 0.1) is 12.8 Å². The minimum Gasteiger partial charge on any atom is -0.340 e. The van der Waals surface area contributed by atoms with E-state index >= 15 is 0 Å². The van der Waals surface area contributed by atoms with Gasteiger partial charge in [0, 0.05) is 30.8 Å². The van der Waals surface area contributed by atoms with Gasteiger partial charge in [-0.15, -0.1) is 0 Å². The molecule has 0 N–H and O–H groups in total. The monoisotopic (exact) mass is 387 g/mol. The van der Waals surface area contributed by atoms with Crippen LogP contribution in [-0.2, 0) is 24.2 Å². The molecule has 2 heterocycles. The Morgan fingerprint density at radius 1 is 1.10 bits per heavy atom. The number of benzene rings is 2. The SMILES string of the molecule is Cc1ccn(CC(=O)N2CCCC(C(=O)c3ccc4c5c(cccc35)CC4)C2)n1. The van der Waals surface area contributed by atoms with Crippen molar-refractivity contribution in [1.29, 1.82) is 0 Å². The van der Waals surface area contributed by atoms with Crippen LogP contribution in [0.2, 0.25) is 0 Å². The lowest BCUT2D eigenvalue weighted by Crippen LogP contribution is -2.43. The Morgan fingerprint density at radius 3 is 2.72 bits per heavy atom. The predicted octanol–water partition coefficient (Wildman–Crippen LogP) is 3.56. The average Bonchev–Trinajstić information content (AvgIpc) is 3.35. The lowest BCUT2D eigenvalue weighted by molar-refractivity contribution is -0.133. The number of carbonyl (C=O) groups is 2. The van der Waals surface area contributed by atoms with E-state index < -0.39 is 0 Å². The lowest BCUT2D eigenvalue weighted by Gasteiger charge is -2.32. The van der Waals surface area contributed by atoms with Crippen LogP contribution in [0.3, 0.4) is 0 Å². The lowest BCUT2D eigenvalue weighted by atomic mass is 9.87. The van der Waals surface area contributed by atoms with Crippen molar-refractivity contribution in [1.82, 2.24) is 14.7 Å². The van der Waals surface area contributed by atoms with Gasteiger partial charge in [-0.1, -0.05) is 30.3 Å². The summed E-state index contributed by atoms with van der Waals surface area (Å²) >= 11 is 0. The largest absolute Gasteiger partial charge is 0.340 e. The van der Waals surface area contributed by atoms with E-state index in [4.69, 9.17) is 0 Å². The maximum absolute atomic E-state index is 13.4. The number of hydrogen-bond acceptors (Lipinski definition) is 3. The highest BCUT2D eigenvalue weighted by atomic mass is 16.2. The third kappa shape index (κ3) is 3.24. The molecule has 1 saturated heterocycles. The Morgan fingerprint density at radius 2 is 1.93 bits per heavy atom. The first-order valence-corrected chi connectivity index (χ1v) is 10.5. The van der Waals surface area contributed by atoms with Gasteiger partial charge in [0.2, 0.25) is 5.91 Å². The molecular weight excluding hydrogens is 362 g/mol. The molecule has 2 aliphatic rings. The molecule has 1 aromatic heterocycles. The molecule has 0 spiro atoms. The normalized spacial score (nSPS) is 18.4. The second-order valence-corrected chi connectivity index (χ2v) is 8.31. The van der Waals surface area contributed by atoms with E-state index in [2.05, 4.69) is 29.4 Å². The third-order valence-corrected chi connectivity index (χ3v) is 6.36. The second-order valence-electron chi connectivity index (χ2n) is 8.31. The number of Topliss-reactive ketones (excluding diaryl/α,β-unsaturated/α-hetero) is 1. The van der Waals surface area contributed by atoms with Crippen LogP contribution >= 0.6 is 0 Å². The summed E-state index contributed by atoms with van der Waals surface area (Å²) < 4.78 is 1.67. The molecule has 1 amide bonds. The summed E-state index contributed by atoms with van der Waals surface area (Å²) in [5.74, 6) is 0.0737. The average molecular weight is 387 g/mol. The van der Waals surface area contributed by atoms with Gasteiger partial charge in [-0.2, -0.15) is 5.10 Å². The van der Waals surface area contributed by atoms with Gasteiger partial charge in [-0.3, -0.25) is 14.3 Å². The predicted molar refractivity (Wildman–Crippen MR) is 112 cm³/mol.